The standard InChI is InChI=1S/C15H13ClN4O2/c1-9(2)19-7-12(13-14(16)17-8-18-15(13)19)10-3-5-11(6-4-10)20(21)22/h3-9H,1-2H3. The lowest BCUT2D eigenvalue weighted by molar-refractivity contribution is -0.384. The van der Waals surface area contributed by atoms with Crippen molar-refractivity contribution in [1.82, 2.24) is 14.5 Å². The van der Waals surface area contributed by atoms with Crippen molar-refractivity contribution < 1.29 is 4.92 Å². The van der Waals surface area contributed by atoms with Crippen LogP contribution in [0, 0.1) is 10.1 Å². The predicted octanol–water partition coefficient (Wildman–Crippen LogP) is 4.24. The maximum atomic E-state index is 10.8. The second-order valence-corrected chi connectivity index (χ2v) is 5.57. The normalized spacial score (nSPS) is 11.3. The van der Waals surface area contributed by atoms with Crippen LogP contribution in [0.4, 0.5) is 5.69 Å². The zero-order chi connectivity index (χ0) is 15.9. The fourth-order valence-corrected chi connectivity index (χ4v) is 2.65. The predicted molar refractivity (Wildman–Crippen MR) is 85.0 cm³/mol. The minimum atomic E-state index is -0.419. The molecule has 0 aliphatic rings. The summed E-state index contributed by atoms with van der Waals surface area (Å²) in [5.41, 5.74) is 2.51. The van der Waals surface area contributed by atoms with Crippen molar-refractivity contribution in [1.29, 1.82) is 0 Å². The van der Waals surface area contributed by atoms with E-state index in [1.54, 1.807) is 12.1 Å². The molecule has 0 saturated carbocycles. The molecule has 0 atom stereocenters. The van der Waals surface area contributed by atoms with Crippen LogP contribution in [0.2, 0.25) is 5.15 Å². The van der Waals surface area contributed by atoms with Gasteiger partial charge in [0.1, 0.15) is 17.1 Å². The van der Waals surface area contributed by atoms with E-state index in [0.29, 0.717) is 5.15 Å². The fourth-order valence-electron chi connectivity index (χ4n) is 2.42. The maximum Gasteiger partial charge on any atom is 0.269 e. The Morgan fingerprint density at radius 3 is 2.50 bits per heavy atom. The molecule has 2 aromatic heterocycles. The Bertz CT molecular complexity index is 856. The molecule has 0 radical (unpaired) electrons. The molecule has 3 aromatic rings. The van der Waals surface area contributed by atoms with Gasteiger partial charge in [0.15, 0.2) is 0 Å². The molecule has 0 unspecified atom stereocenters. The first kappa shape index (κ1) is 14.5. The number of halogens is 1. The van der Waals surface area contributed by atoms with Gasteiger partial charge in [0, 0.05) is 29.9 Å². The lowest BCUT2D eigenvalue weighted by Gasteiger charge is -2.07. The summed E-state index contributed by atoms with van der Waals surface area (Å²) in [6, 6.07) is 6.58. The van der Waals surface area contributed by atoms with E-state index < -0.39 is 4.92 Å². The Balaban J connectivity index is 2.24. The smallest absolute Gasteiger partial charge is 0.269 e. The van der Waals surface area contributed by atoms with E-state index in [1.165, 1.54) is 18.5 Å². The summed E-state index contributed by atoms with van der Waals surface area (Å²) in [6.07, 6.45) is 3.39. The van der Waals surface area contributed by atoms with Crippen LogP contribution in [0.1, 0.15) is 19.9 Å². The highest BCUT2D eigenvalue weighted by molar-refractivity contribution is 6.35. The summed E-state index contributed by atoms with van der Waals surface area (Å²) in [5.74, 6) is 0. The van der Waals surface area contributed by atoms with Gasteiger partial charge in [0.05, 0.1) is 10.3 Å². The van der Waals surface area contributed by atoms with Gasteiger partial charge in [-0.2, -0.15) is 0 Å². The Hall–Kier alpha value is -2.47. The summed E-state index contributed by atoms with van der Waals surface area (Å²) < 4.78 is 2.01. The van der Waals surface area contributed by atoms with Gasteiger partial charge < -0.3 is 4.57 Å². The molecule has 2 heterocycles. The quantitative estimate of drug-likeness (QED) is 0.411. The number of nitro groups is 1. The number of benzene rings is 1. The van der Waals surface area contributed by atoms with Crippen LogP contribution in [-0.4, -0.2) is 19.5 Å². The van der Waals surface area contributed by atoms with Gasteiger partial charge in [-0.25, -0.2) is 9.97 Å². The van der Waals surface area contributed by atoms with E-state index in [9.17, 15) is 10.1 Å². The molecular formula is C15H13ClN4O2. The highest BCUT2D eigenvalue weighted by Gasteiger charge is 2.17. The number of nitrogens with zero attached hydrogens (tertiary/aromatic N) is 4. The molecule has 0 amide bonds. The topological polar surface area (TPSA) is 73.8 Å². The van der Waals surface area contributed by atoms with E-state index in [-0.39, 0.29) is 11.7 Å². The van der Waals surface area contributed by atoms with E-state index in [2.05, 4.69) is 23.8 Å². The molecule has 7 heteroatoms. The second-order valence-electron chi connectivity index (χ2n) is 5.21. The highest BCUT2D eigenvalue weighted by atomic mass is 35.5. The summed E-state index contributed by atoms with van der Waals surface area (Å²) in [7, 11) is 0. The van der Waals surface area contributed by atoms with Crippen LogP contribution in [0.5, 0.6) is 0 Å². The average Bonchev–Trinajstić information content (AvgIpc) is 2.88. The molecule has 0 fully saturated rings. The van der Waals surface area contributed by atoms with Gasteiger partial charge in [-0.3, -0.25) is 10.1 Å². The van der Waals surface area contributed by atoms with Crippen LogP contribution in [0.3, 0.4) is 0 Å². The van der Waals surface area contributed by atoms with Crippen molar-refractivity contribution in [3.63, 3.8) is 0 Å². The Labute approximate surface area is 131 Å². The van der Waals surface area contributed by atoms with Gasteiger partial charge in [-0.1, -0.05) is 11.6 Å². The lowest BCUT2D eigenvalue weighted by atomic mass is 10.1. The molecule has 0 spiro atoms. The van der Waals surface area contributed by atoms with Crippen molar-refractivity contribution in [2.75, 3.05) is 0 Å². The van der Waals surface area contributed by atoms with Crippen molar-refractivity contribution >= 4 is 28.3 Å². The number of rotatable bonds is 3. The van der Waals surface area contributed by atoms with Crippen molar-refractivity contribution in [3.05, 3.63) is 52.1 Å². The third-order valence-corrected chi connectivity index (χ3v) is 3.80. The van der Waals surface area contributed by atoms with Gasteiger partial charge in [0.2, 0.25) is 0 Å². The largest absolute Gasteiger partial charge is 0.329 e. The third kappa shape index (κ3) is 2.31. The van der Waals surface area contributed by atoms with Gasteiger partial charge in [0.25, 0.3) is 5.69 Å². The van der Waals surface area contributed by atoms with E-state index in [4.69, 9.17) is 11.6 Å². The van der Waals surface area contributed by atoms with Crippen molar-refractivity contribution in [2.24, 2.45) is 0 Å². The molecule has 0 aliphatic heterocycles. The number of fused-ring (bicyclic) bond motifs is 1. The molecule has 0 N–H and O–H groups in total. The van der Waals surface area contributed by atoms with Crippen LogP contribution in [0.15, 0.2) is 36.8 Å². The fraction of sp³-hybridized carbons (Fsp3) is 0.200. The van der Waals surface area contributed by atoms with Gasteiger partial charge in [-0.05, 0) is 31.5 Å². The minimum Gasteiger partial charge on any atom is -0.329 e. The van der Waals surface area contributed by atoms with Crippen molar-refractivity contribution in [3.8, 4) is 11.1 Å². The SMILES string of the molecule is CC(C)n1cc(-c2ccc([N+](=O)[O-])cc2)c2c(Cl)ncnc21. The first-order valence-corrected chi connectivity index (χ1v) is 7.12. The van der Waals surface area contributed by atoms with E-state index in [0.717, 1.165) is 22.2 Å². The molecule has 0 bridgehead atoms. The second kappa shape index (κ2) is 5.38. The number of non-ortho nitro benzene ring substituents is 1. The Morgan fingerprint density at radius 1 is 1.23 bits per heavy atom. The van der Waals surface area contributed by atoms with Gasteiger partial charge in [-0.15, -0.1) is 0 Å². The van der Waals surface area contributed by atoms with Crippen LogP contribution in [-0.2, 0) is 0 Å². The first-order valence-electron chi connectivity index (χ1n) is 6.75. The van der Waals surface area contributed by atoms with Gasteiger partial charge >= 0.3 is 0 Å². The minimum absolute atomic E-state index is 0.0543. The summed E-state index contributed by atoms with van der Waals surface area (Å²) in [6.45, 7) is 4.10. The molecule has 1 aromatic carbocycles. The summed E-state index contributed by atoms with van der Waals surface area (Å²) in [5, 5.41) is 11.9. The number of hydrogen-bond donors (Lipinski definition) is 0. The summed E-state index contributed by atoms with van der Waals surface area (Å²) >= 11 is 6.24. The molecule has 112 valence electrons. The Kier molecular flexibility index (Phi) is 3.54. The first-order chi connectivity index (χ1) is 10.5. The molecule has 0 aliphatic carbocycles. The Morgan fingerprint density at radius 2 is 1.91 bits per heavy atom. The molecule has 6 nitrogen and oxygen atoms in total. The number of nitro benzene ring substituents is 1. The third-order valence-electron chi connectivity index (χ3n) is 3.51. The van der Waals surface area contributed by atoms with Crippen molar-refractivity contribution in [2.45, 2.75) is 19.9 Å². The summed E-state index contributed by atoms with van der Waals surface area (Å²) in [4.78, 5) is 18.7. The average molecular weight is 317 g/mol. The highest BCUT2D eigenvalue weighted by Crippen LogP contribution is 2.35. The van der Waals surface area contributed by atoms with Crippen LogP contribution in [0.25, 0.3) is 22.2 Å². The zero-order valence-corrected chi connectivity index (χ0v) is 12.8. The maximum absolute atomic E-state index is 10.8. The molecular weight excluding hydrogens is 304 g/mol. The molecule has 3 rings (SSSR count). The molecule has 0 saturated heterocycles. The monoisotopic (exact) mass is 316 g/mol. The number of aromatic nitrogens is 3. The number of hydrogen-bond acceptors (Lipinski definition) is 4. The van der Waals surface area contributed by atoms with Crippen LogP contribution >= 0.6 is 11.6 Å². The van der Waals surface area contributed by atoms with E-state index >= 15 is 0 Å². The molecule has 22 heavy (non-hydrogen) atoms. The lowest BCUT2D eigenvalue weighted by Crippen LogP contribution is -1.99. The zero-order valence-electron chi connectivity index (χ0n) is 12.0. The van der Waals surface area contributed by atoms with Crippen LogP contribution < -0.4 is 0 Å². The van der Waals surface area contributed by atoms with E-state index in [1.807, 2.05) is 10.8 Å².